The van der Waals surface area contributed by atoms with Crippen LogP contribution in [0.4, 0.5) is 0 Å². The summed E-state index contributed by atoms with van der Waals surface area (Å²) in [6.45, 7) is 36.2. The summed E-state index contributed by atoms with van der Waals surface area (Å²) in [7, 11) is 0. The molecule has 0 heterocycles. The summed E-state index contributed by atoms with van der Waals surface area (Å²) in [5.74, 6) is 0. The van der Waals surface area contributed by atoms with E-state index < -0.39 is 17.4 Å². The van der Waals surface area contributed by atoms with Crippen LogP contribution in [0, 0.1) is 0 Å². The number of benzene rings is 4. The van der Waals surface area contributed by atoms with Crippen molar-refractivity contribution in [3.8, 4) is 22.3 Å². The maximum Gasteiger partial charge on any atom is -0.147 e. The minimum absolute atomic E-state index is 0. The van der Waals surface area contributed by atoms with Gasteiger partial charge in [-0.15, -0.1) is 24.8 Å². The molecule has 0 bridgehead atoms. The summed E-state index contributed by atoms with van der Waals surface area (Å²) in [6.07, 6.45) is 12.7. The first-order valence-electron chi connectivity index (χ1n) is 22.8. The number of fused-ring (bicyclic) bond motifs is 4. The second kappa shape index (κ2) is 15.3. The van der Waals surface area contributed by atoms with Gasteiger partial charge >= 0.3 is 359 Å². The minimum Gasteiger partial charge on any atom is -0.147 e. The molecule has 4 aliphatic rings. The molecule has 2 atom stereocenters. The molecule has 0 N–H and O–H groups in total. The molecule has 0 spiro atoms. The Kier molecular flexibility index (Phi) is 12.2. The Morgan fingerprint density at radius 1 is 0.467 bits per heavy atom. The fourth-order valence-corrected chi connectivity index (χ4v) is 33.3. The van der Waals surface area contributed by atoms with E-state index in [0.29, 0.717) is 7.25 Å². The third-order valence-corrected chi connectivity index (χ3v) is 32.9. The molecule has 4 aromatic rings. The number of hydrogen-bond donors (Lipinski definition) is 0. The second-order valence-corrected chi connectivity index (χ2v) is 55.1. The van der Waals surface area contributed by atoms with Crippen molar-refractivity contribution in [1.82, 2.24) is 0 Å². The number of rotatable bonds is 4. The van der Waals surface area contributed by atoms with Crippen molar-refractivity contribution >= 4 is 43.8 Å². The zero-order valence-electron chi connectivity index (χ0n) is 40.2. The van der Waals surface area contributed by atoms with Gasteiger partial charge in [0, 0.05) is 0 Å². The average molecular weight is 939 g/mol. The van der Waals surface area contributed by atoms with E-state index in [1.165, 1.54) is 71.9 Å². The van der Waals surface area contributed by atoms with Gasteiger partial charge in [-0.1, -0.05) is 0 Å². The van der Waals surface area contributed by atoms with Crippen LogP contribution in [0.2, 0.25) is 9.26 Å². The maximum absolute atomic E-state index is 3.82. The largest absolute Gasteiger partial charge is 0.147 e. The van der Waals surface area contributed by atoms with Crippen LogP contribution in [-0.4, -0.2) is 6.88 Å². The molecule has 0 amide bonds. The van der Waals surface area contributed by atoms with Crippen LogP contribution in [0.5, 0.6) is 0 Å². The van der Waals surface area contributed by atoms with E-state index in [4.69, 9.17) is 0 Å². The topological polar surface area (TPSA) is 0 Å². The summed E-state index contributed by atoms with van der Waals surface area (Å²) >= 11 is -3.82. The SMILES string of the molecule is CC1=Cc2c(cc3c(c2-c2cc(C(C)(C)C)cc(C(C)(C)C)c2)CCC3)[CH]1[Zr]([CH3])([CH3])(=[SiH2])[CH]1C(C)=Cc2c1cc1c(c2-c2cc(C(C)(C)C)cc(C(C)(C)C)c2)CCC1.Cl.Cl. The molecule has 60 heavy (non-hydrogen) atoms. The summed E-state index contributed by atoms with van der Waals surface area (Å²) in [6, 6.07) is 20.7. The minimum atomic E-state index is -3.82. The Morgan fingerprint density at radius 3 is 1.05 bits per heavy atom. The Bertz CT molecular complexity index is 2310. The van der Waals surface area contributed by atoms with Gasteiger partial charge in [-0.05, 0) is 0 Å². The molecule has 0 aliphatic heterocycles. The van der Waals surface area contributed by atoms with Crippen LogP contribution >= 0.6 is 24.8 Å². The predicted molar refractivity (Wildman–Crippen MR) is 270 cm³/mol. The summed E-state index contributed by atoms with van der Waals surface area (Å²) in [4.78, 5) is 0. The molecule has 8 rings (SSSR count). The van der Waals surface area contributed by atoms with Crippen LogP contribution in [-0.2, 0) is 64.7 Å². The van der Waals surface area contributed by atoms with Crippen molar-refractivity contribution in [3.05, 3.63) is 126 Å². The molecule has 0 nitrogen and oxygen atoms in total. The molecule has 4 aliphatic carbocycles. The average Bonchev–Trinajstić information content (AvgIpc) is 3.88. The van der Waals surface area contributed by atoms with Gasteiger partial charge < -0.3 is 0 Å². The maximum atomic E-state index is 2.85. The van der Waals surface area contributed by atoms with Gasteiger partial charge in [0.05, 0.1) is 0 Å². The smallest absolute Gasteiger partial charge is 0.147 e. The van der Waals surface area contributed by atoms with Crippen LogP contribution in [0.1, 0.15) is 184 Å². The molecule has 0 fully saturated rings. The second-order valence-electron chi connectivity index (χ2n) is 24.7. The molecular formula is C56H76Cl2SiZr. The van der Waals surface area contributed by atoms with E-state index in [9.17, 15) is 0 Å². The fraction of sp³-hybridized carbons (Fsp3) is 0.500. The van der Waals surface area contributed by atoms with E-state index in [-0.39, 0.29) is 46.5 Å². The van der Waals surface area contributed by atoms with E-state index in [1.54, 1.807) is 66.8 Å². The molecule has 4 aromatic carbocycles. The van der Waals surface area contributed by atoms with Gasteiger partial charge in [-0.3, -0.25) is 0 Å². The summed E-state index contributed by atoms with van der Waals surface area (Å²) in [5, 5.41) is 0. The normalized spacial score (nSPS) is 18.9. The van der Waals surface area contributed by atoms with Crippen LogP contribution in [0.15, 0.2) is 59.7 Å². The predicted octanol–water partition coefficient (Wildman–Crippen LogP) is 16.0. The van der Waals surface area contributed by atoms with E-state index in [0.717, 1.165) is 0 Å². The Balaban J connectivity index is 0.00000302. The van der Waals surface area contributed by atoms with E-state index >= 15 is 0 Å². The summed E-state index contributed by atoms with van der Waals surface area (Å²) < 4.78 is 6.73. The summed E-state index contributed by atoms with van der Waals surface area (Å²) in [5.41, 5.74) is 28.3. The first-order chi connectivity index (χ1) is 26.6. The number of halogens is 2. The molecule has 0 aromatic heterocycles. The fourth-order valence-electron chi connectivity index (χ4n) is 12.1. The van der Waals surface area contributed by atoms with Gasteiger partial charge in [0.15, 0.2) is 0 Å². The number of allylic oxidation sites excluding steroid dienone is 2. The molecule has 0 radical (unpaired) electrons. The van der Waals surface area contributed by atoms with Gasteiger partial charge in [0.1, 0.15) is 0 Å². The quantitative estimate of drug-likeness (QED) is 0.179. The molecule has 2 unspecified atom stereocenters. The van der Waals surface area contributed by atoms with E-state index in [1.807, 2.05) is 0 Å². The van der Waals surface area contributed by atoms with Crippen molar-refractivity contribution in [2.24, 2.45) is 0 Å². The van der Waals surface area contributed by atoms with E-state index in [2.05, 4.69) is 174 Å². The monoisotopic (exact) mass is 936 g/mol. The molecular weight excluding hydrogens is 863 g/mol. The van der Waals surface area contributed by atoms with Gasteiger partial charge in [0.25, 0.3) is 0 Å². The Hall–Kier alpha value is -1.96. The molecule has 4 heteroatoms. The molecule has 0 saturated heterocycles. The Morgan fingerprint density at radius 2 is 0.767 bits per heavy atom. The zero-order chi connectivity index (χ0) is 42.3. The molecule has 0 saturated carbocycles. The third kappa shape index (κ3) is 7.96. The number of hydrogen-bond acceptors (Lipinski definition) is 0. The van der Waals surface area contributed by atoms with Crippen molar-refractivity contribution in [2.75, 3.05) is 0 Å². The first kappa shape index (κ1) is 47.5. The Labute approximate surface area is 380 Å². The van der Waals surface area contributed by atoms with Crippen LogP contribution in [0.25, 0.3) is 34.4 Å². The molecule has 322 valence electrons. The van der Waals surface area contributed by atoms with Crippen molar-refractivity contribution in [2.45, 2.75) is 174 Å². The van der Waals surface area contributed by atoms with Crippen molar-refractivity contribution < 1.29 is 17.4 Å². The zero-order valence-corrected chi connectivity index (χ0v) is 45.7. The van der Waals surface area contributed by atoms with Gasteiger partial charge in [-0.25, -0.2) is 0 Å². The van der Waals surface area contributed by atoms with Crippen molar-refractivity contribution in [1.29, 1.82) is 0 Å². The van der Waals surface area contributed by atoms with Crippen LogP contribution < -0.4 is 0 Å². The number of aryl methyl sites for hydroxylation is 2. The first-order valence-corrected chi connectivity index (χ1v) is 36.4. The third-order valence-electron chi connectivity index (χ3n) is 15.0. The van der Waals surface area contributed by atoms with Crippen molar-refractivity contribution in [3.63, 3.8) is 0 Å². The van der Waals surface area contributed by atoms with Crippen LogP contribution in [0.3, 0.4) is 0 Å². The standard InChI is InChI=1S/2C27H33.2CH3.2ClH.H2Si.Zr/c2*1-17-11-19-13-18-9-8-10-23(18)25(24(19)12-17)20-14-21(26(2,3)4)16-22(15-20)27(5,6)7;;;;;;/h2*11-16H,8-10H2,1-7H3;2*1H3;2*1H;1H2;. The van der Waals surface area contributed by atoms with Gasteiger partial charge in [0.2, 0.25) is 0 Å². The van der Waals surface area contributed by atoms with Gasteiger partial charge in [-0.2, -0.15) is 0 Å².